The van der Waals surface area contributed by atoms with Crippen molar-refractivity contribution in [2.75, 3.05) is 13.1 Å². The number of benzene rings is 1. The van der Waals surface area contributed by atoms with E-state index in [0.717, 1.165) is 11.1 Å². The van der Waals surface area contributed by atoms with Gasteiger partial charge in [0.2, 0.25) is 0 Å². The van der Waals surface area contributed by atoms with Crippen molar-refractivity contribution in [2.45, 2.75) is 12.5 Å². The predicted octanol–water partition coefficient (Wildman–Crippen LogP) is 2.15. The summed E-state index contributed by atoms with van der Waals surface area (Å²) in [7, 11) is 0. The van der Waals surface area contributed by atoms with Gasteiger partial charge in [0.05, 0.1) is 12.4 Å². The number of aliphatic hydroxyl groups is 1. The molecule has 0 spiro atoms. The van der Waals surface area contributed by atoms with Crippen LogP contribution in [0.1, 0.15) is 17.0 Å². The van der Waals surface area contributed by atoms with E-state index in [0.29, 0.717) is 25.3 Å². The van der Waals surface area contributed by atoms with Crippen molar-refractivity contribution in [3.8, 4) is 11.1 Å². The lowest BCUT2D eigenvalue weighted by Crippen LogP contribution is -2.29. The number of amides is 1. The molecule has 1 aromatic carbocycles. The monoisotopic (exact) mass is 257 g/mol. The zero-order chi connectivity index (χ0) is 13.2. The highest BCUT2D eigenvalue weighted by atomic mass is 16.3. The van der Waals surface area contributed by atoms with Gasteiger partial charge in [-0.05, 0) is 18.1 Å². The summed E-state index contributed by atoms with van der Waals surface area (Å²) in [5.41, 5.74) is 1.76. The first kappa shape index (κ1) is 12.0. The van der Waals surface area contributed by atoms with Crippen molar-refractivity contribution in [3.63, 3.8) is 0 Å². The Morgan fingerprint density at radius 2 is 2.05 bits per heavy atom. The van der Waals surface area contributed by atoms with Crippen LogP contribution in [0.5, 0.6) is 0 Å². The maximum atomic E-state index is 12.4. The van der Waals surface area contributed by atoms with Gasteiger partial charge in [0.25, 0.3) is 5.91 Å². The SMILES string of the molecule is O=C(c1occc1-c1ccccc1)N1CCC(O)C1. The van der Waals surface area contributed by atoms with Crippen LogP contribution in [-0.2, 0) is 0 Å². The molecular weight excluding hydrogens is 242 g/mol. The standard InChI is InChI=1S/C15H15NO3/c17-12-6-8-16(10-12)15(18)14-13(7-9-19-14)11-4-2-1-3-5-11/h1-5,7,9,12,17H,6,8,10H2. The molecule has 1 aliphatic rings. The normalized spacial score (nSPS) is 18.8. The van der Waals surface area contributed by atoms with Gasteiger partial charge in [-0.25, -0.2) is 0 Å². The Kier molecular flexibility index (Phi) is 3.09. The van der Waals surface area contributed by atoms with Crippen LogP contribution in [0.15, 0.2) is 47.1 Å². The van der Waals surface area contributed by atoms with Gasteiger partial charge >= 0.3 is 0 Å². The fourth-order valence-electron chi connectivity index (χ4n) is 2.39. The summed E-state index contributed by atoms with van der Waals surface area (Å²) in [5, 5.41) is 9.51. The van der Waals surface area contributed by atoms with Crippen LogP contribution in [0.2, 0.25) is 0 Å². The van der Waals surface area contributed by atoms with E-state index in [1.165, 1.54) is 6.26 Å². The Balaban J connectivity index is 1.90. The van der Waals surface area contributed by atoms with E-state index in [-0.39, 0.29) is 5.91 Å². The van der Waals surface area contributed by atoms with Gasteiger partial charge in [-0.1, -0.05) is 30.3 Å². The van der Waals surface area contributed by atoms with E-state index in [1.54, 1.807) is 11.0 Å². The van der Waals surface area contributed by atoms with Gasteiger partial charge in [-0.15, -0.1) is 0 Å². The van der Waals surface area contributed by atoms with Crippen LogP contribution in [0.3, 0.4) is 0 Å². The van der Waals surface area contributed by atoms with E-state index in [2.05, 4.69) is 0 Å². The zero-order valence-electron chi connectivity index (χ0n) is 10.5. The highest BCUT2D eigenvalue weighted by Crippen LogP contribution is 2.26. The first-order valence-corrected chi connectivity index (χ1v) is 6.36. The Bertz CT molecular complexity index is 576. The molecule has 3 rings (SSSR count). The van der Waals surface area contributed by atoms with Crippen molar-refractivity contribution in [2.24, 2.45) is 0 Å². The maximum Gasteiger partial charge on any atom is 0.290 e. The molecule has 4 nitrogen and oxygen atoms in total. The number of nitrogens with zero attached hydrogens (tertiary/aromatic N) is 1. The van der Waals surface area contributed by atoms with Gasteiger partial charge in [0.15, 0.2) is 5.76 Å². The van der Waals surface area contributed by atoms with Gasteiger partial charge in [0, 0.05) is 18.7 Å². The van der Waals surface area contributed by atoms with Crippen molar-refractivity contribution < 1.29 is 14.3 Å². The third-order valence-corrected chi connectivity index (χ3v) is 3.39. The molecule has 2 heterocycles. The Morgan fingerprint density at radius 1 is 1.26 bits per heavy atom. The average molecular weight is 257 g/mol. The molecule has 98 valence electrons. The molecule has 1 amide bonds. The van der Waals surface area contributed by atoms with Crippen molar-refractivity contribution in [1.82, 2.24) is 4.90 Å². The molecular formula is C15H15NO3. The van der Waals surface area contributed by atoms with Crippen molar-refractivity contribution >= 4 is 5.91 Å². The van der Waals surface area contributed by atoms with E-state index in [4.69, 9.17) is 4.42 Å². The molecule has 1 saturated heterocycles. The molecule has 0 saturated carbocycles. The lowest BCUT2D eigenvalue weighted by atomic mass is 10.1. The third kappa shape index (κ3) is 2.27. The van der Waals surface area contributed by atoms with Crippen LogP contribution < -0.4 is 0 Å². The van der Waals surface area contributed by atoms with Gasteiger partial charge < -0.3 is 14.4 Å². The Labute approximate surface area is 111 Å². The molecule has 1 aliphatic heterocycles. The lowest BCUT2D eigenvalue weighted by Gasteiger charge is -2.14. The summed E-state index contributed by atoms with van der Waals surface area (Å²) in [6.45, 7) is 0.961. The van der Waals surface area contributed by atoms with Crippen LogP contribution in [0.25, 0.3) is 11.1 Å². The van der Waals surface area contributed by atoms with Gasteiger partial charge in [-0.3, -0.25) is 4.79 Å². The predicted molar refractivity (Wildman–Crippen MR) is 70.7 cm³/mol. The lowest BCUT2D eigenvalue weighted by molar-refractivity contribution is 0.0735. The van der Waals surface area contributed by atoms with Crippen molar-refractivity contribution in [1.29, 1.82) is 0 Å². The van der Waals surface area contributed by atoms with Crippen LogP contribution in [0.4, 0.5) is 0 Å². The third-order valence-electron chi connectivity index (χ3n) is 3.39. The summed E-state index contributed by atoms with van der Waals surface area (Å²) in [6.07, 6.45) is 1.74. The van der Waals surface area contributed by atoms with E-state index < -0.39 is 6.10 Å². The largest absolute Gasteiger partial charge is 0.459 e. The minimum Gasteiger partial charge on any atom is -0.459 e. The second kappa shape index (κ2) is 4.90. The summed E-state index contributed by atoms with van der Waals surface area (Å²) in [6, 6.07) is 11.5. The summed E-state index contributed by atoms with van der Waals surface area (Å²) in [5.74, 6) is 0.195. The van der Waals surface area contributed by atoms with Crippen LogP contribution in [-0.4, -0.2) is 35.1 Å². The first-order chi connectivity index (χ1) is 9.25. The highest BCUT2D eigenvalue weighted by molar-refractivity contribution is 5.98. The molecule has 1 atom stereocenters. The molecule has 0 aliphatic carbocycles. The van der Waals surface area contributed by atoms with E-state index in [9.17, 15) is 9.90 Å². The quantitative estimate of drug-likeness (QED) is 0.897. The number of β-amino-alcohol motifs (C(OH)–C–C–N with tert-alkyl or cyclic N) is 1. The number of likely N-dealkylation sites (tertiary alicyclic amines) is 1. The topological polar surface area (TPSA) is 53.7 Å². The number of carbonyl (C=O) groups is 1. The Morgan fingerprint density at radius 3 is 2.74 bits per heavy atom. The molecule has 1 fully saturated rings. The molecule has 2 aromatic rings. The summed E-state index contributed by atoms with van der Waals surface area (Å²) >= 11 is 0. The van der Waals surface area contributed by atoms with Gasteiger partial charge in [-0.2, -0.15) is 0 Å². The molecule has 1 aromatic heterocycles. The molecule has 0 radical (unpaired) electrons. The number of hydrogen-bond donors (Lipinski definition) is 1. The molecule has 0 bridgehead atoms. The number of hydrogen-bond acceptors (Lipinski definition) is 3. The number of rotatable bonds is 2. The maximum absolute atomic E-state index is 12.4. The molecule has 19 heavy (non-hydrogen) atoms. The van der Waals surface area contributed by atoms with E-state index in [1.807, 2.05) is 30.3 Å². The minimum atomic E-state index is -0.418. The first-order valence-electron chi connectivity index (χ1n) is 6.36. The number of carbonyl (C=O) groups excluding carboxylic acids is 1. The highest BCUT2D eigenvalue weighted by Gasteiger charge is 2.28. The smallest absolute Gasteiger partial charge is 0.290 e. The Hall–Kier alpha value is -2.07. The number of aliphatic hydroxyl groups excluding tert-OH is 1. The second-order valence-electron chi connectivity index (χ2n) is 4.72. The van der Waals surface area contributed by atoms with E-state index >= 15 is 0 Å². The zero-order valence-corrected chi connectivity index (χ0v) is 10.5. The minimum absolute atomic E-state index is 0.152. The summed E-state index contributed by atoms with van der Waals surface area (Å²) in [4.78, 5) is 14.0. The van der Waals surface area contributed by atoms with Crippen molar-refractivity contribution in [3.05, 3.63) is 48.4 Å². The average Bonchev–Trinajstić information content (AvgIpc) is 3.07. The molecule has 4 heteroatoms. The second-order valence-corrected chi connectivity index (χ2v) is 4.72. The fourth-order valence-corrected chi connectivity index (χ4v) is 2.39. The molecule has 1 unspecified atom stereocenters. The number of furan rings is 1. The summed E-state index contributed by atoms with van der Waals surface area (Å²) < 4.78 is 5.36. The van der Waals surface area contributed by atoms with Gasteiger partial charge in [0.1, 0.15) is 0 Å². The fraction of sp³-hybridized carbons (Fsp3) is 0.267. The molecule has 1 N–H and O–H groups in total. The van der Waals surface area contributed by atoms with Crippen LogP contribution in [0, 0.1) is 0 Å². The van der Waals surface area contributed by atoms with Crippen LogP contribution >= 0.6 is 0 Å².